The van der Waals surface area contributed by atoms with Crippen molar-refractivity contribution in [1.82, 2.24) is 19.2 Å². The van der Waals surface area contributed by atoms with Gasteiger partial charge in [-0.1, -0.05) is 17.7 Å². The fourth-order valence-corrected chi connectivity index (χ4v) is 4.16. The Morgan fingerprint density at radius 3 is 2.71 bits per heavy atom. The smallest absolute Gasteiger partial charge is 0.242 e. The normalized spacial score (nSPS) is 11.8. The molecular formula is C21H25ClN4O4S. The van der Waals surface area contributed by atoms with Crippen LogP contribution in [-0.4, -0.2) is 55.4 Å². The van der Waals surface area contributed by atoms with Gasteiger partial charge in [-0.3, -0.25) is 4.79 Å². The van der Waals surface area contributed by atoms with Gasteiger partial charge in [-0.25, -0.2) is 17.7 Å². The molecule has 0 aliphatic rings. The van der Waals surface area contributed by atoms with Gasteiger partial charge in [-0.15, -0.1) is 0 Å². The van der Waals surface area contributed by atoms with E-state index < -0.39 is 10.0 Å². The van der Waals surface area contributed by atoms with E-state index in [1.165, 1.54) is 18.4 Å². The third-order valence-electron chi connectivity index (χ3n) is 4.79. The Kier molecular flexibility index (Phi) is 7.19. The number of aromatic nitrogens is 2. The number of aryl methyl sites for hydroxylation is 2. The summed E-state index contributed by atoms with van der Waals surface area (Å²) in [7, 11) is 1.29. The Labute approximate surface area is 186 Å². The number of carbonyl (C=O) groups excluding carboxylic acids is 1. The summed E-state index contributed by atoms with van der Waals surface area (Å²) in [5.41, 5.74) is 1.39. The zero-order valence-corrected chi connectivity index (χ0v) is 19.2. The standard InChI is InChI=1S/C21H25ClN4O4S/c1-25(2)31(28,29)17-7-8-19-18(14-17)24-20(26(19)3)9-10-21(27)23-11-12-30-16-6-4-5-15(22)13-16/h4-8,13-14H,9-12H2,1-3H3,(H,23,27). The van der Waals surface area contributed by atoms with Crippen molar-refractivity contribution in [3.05, 3.63) is 53.3 Å². The molecule has 166 valence electrons. The molecule has 0 saturated carbocycles. The van der Waals surface area contributed by atoms with E-state index in [2.05, 4.69) is 10.3 Å². The minimum Gasteiger partial charge on any atom is -0.492 e. The van der Waals surface area contributed by atoms with Crippen molar-refractivity contribution >= 4 is 38.6 Å². The first-order valence-corrected chi connectivity index (χ1v) is 11.5. The highest BCUT2D eigenvalue weighted by Gasteiger charge is 2.19. The Bertz CT molecular complexity index is 1190. The average molecular weight is 465 g/mol. The summed E-state index contributed by atoms with van der Waals surface area (Å²) in [6, 6.07) is 11.9. The molecule has 0 fully saturated rings. The van der Waals surface area contributed by atoms with Crippen LogP contribution in [0.25, 0.3) is 11.0 Å². The lowest BCUT2D eigenvalue weighted by Gasteiger charge is -2.10. The number of hydrogen-bond donors (Lipinski definition) is 1. The molecule has 0 saturated heterocycles. The number of fused-ring (bicyclic) bond motifs is 1. The van der Waals surface area contributed by atoms with Crippen LogP contribution in [0.4, 0.5) is 0 Å². The van der Waals surface area contributed by atoms with E-state index in [4.69, 9.17) is 16.3 Å². The molecular weight excluding hydrogens is 440 g/mol. The van der Waals surface area contributed by atoms with Crippen molar-refractivity contribution in [3.63, 3.8) is 0 Å². The molecule has 10 heteroatoms. The quantitative estimate of drug-likeness (QED) is 0.491. The number of benzene rings is 2. The molecule has 2 aromatic carbocycles. The van der Waals surface area contributed by atoms with Crippen molar-refractivity contribution in [2.75, 3.05) is 27.2 Å². The predicted octanol–water partition coefficient (Wildman–Crippen LogP) is 2.60. The molecule has 1 amide bonds. The third-order valence-corrected chi connectivity index (χ3v) is 6.83. The van der Waals surface area contributed by atoms with Crippen LogP contribution in [-0.2, 0) is 28.3 Å². The number of imidazole rings is 1. The second kappa shape index (κ2) is 9.67. The van der Waals surface area contributed by atoms with Gasteiger partial charge >= 0.3 is 0 Å². The van der Waals surface area contributed by atoms with Crippen molar-refractivity contribution in [2.24, 2.45) is 7.05 Å². The molecule has 8 nitrogen and oxygen atoms in total. The van der Waals surface area contributed by atoms with Crippen LogP contribution < -0.4 is 10.1 Å². The Hall–Kier alpha value is -2.62. The Morgan fingerprint density at radius 2 is 2.00 bits per heavy atom. The average Bonchev–Trinajstić information content (AvgIpc) is 3.04. The van der Waals surface area contributed by atoms with Gasteiger partial charge in [-0.2, -0.15) is 0 Å². The molecule has 3 rings (SSSR count). The molecule has 0 atom stereocenters. The third kappa shape index (κ3) is 5.55. The van der Waals surface area contributed by atoms with Crippen LogP contribution in [0, 0.1) is 0 Å². The second-order valence-corrected chi connectivity index (χ2v) is 9.77. The zero-order valence-electron chi connectivity index (χ0n) is 17.6. The van der Waals surface area contributed by atoms with Gasteiger partial charge in [0.05, 0.1) is 22.5 Å². The fourth-order valence-electron chi connectivity index (χ4n) is 3.05. The van der Waals surface area contributed by atoms with Gasteiger partial charge in [0.2, 0.25) is 15.9 Å². The summed E-state index contributed by atoms with van der Waals surface area (Å²) in [6.07, 6.45) is 0.694. The highest BCUT2D eigenvalue weighted by atomic mass is 35.5. The van der Waals surface area contributed by atoms with Crippen molar-refractivity contribution in [1.29, 1.82) is 0 Å². The van der Waals surface area contributed by atoms with Crippen molar-refractivity contribution in [3.8, 4) is 5.75 Å². The maximum Gasteiger partial charge on any atom is 0.242 e. The largest absolute Gasteiger partial charge is 0.492 e. The number of nitrogens with one attached hydrogen (secondary N) is 1. The summed E-state index contributed by atoms with van der Waals surface area (Å²) >= 11 is 5.90. The summed E-state index contributed by atoms with van der Waals surface area (Å²) in [5, 5.41) is 3.41. The lowest BCUT2D eigenvalue weighted by Crippen LogP contribution is -2.28. The minimum absolute atomic E-state index is 0.113. The second-order valence-electron chi connectivity index (χ2n) is 7.18. The first-order valence-electron chi connectivity index (χ1n) is 9.71. The topological polar surface area (TPSA) is 93.5 Å². The highest BCUT2D eigenvalue weighted by molar-refractivity contribution is 7.89. The van der Waals surface area contributed by atoms with E-state index in [9.17, 15) is 13.2 Å². The van der Waals surface area contributed by atoms with Crippen LogP contribution in [0.2, 0.25) is 5.02 Å². The molecule has 0 radical (unpaired) electrons. The number of amides is 1. The van der Waals surface area contributed by atoms with Gasteiger partial charge in [0.1, 0.15) is 18.2 Å². The van der Waals surface area contributed by atoms with E-state index in [0.29, 0.717) is 41.7 Å². The van der Waals surface area contributed by atoms with Crippen molar-refractivity contribution < 1.29 is 17.9 Å². The Balaban J connectivity index is 1.55. The van der Waals surface area contributed by atoms with E-state index in [1.54, 1.807) is 42.5 Å². The van der Waals surface area contributed by atoms with E-state index in [0.717, 1.165) is 5.52 Å². The monoisotopic (exact) mass is 464 g/mol. The summed E-state index contributed by atoms with van der Waals surface area (Å²) < 4.78 is 33.3. The van der Waals surface area contributed by atoms with E-state index >= 15 is 0 Å². The molecule has 31 heavy (non-hydrogen) atoms. The first kappa shape index (κ1) is 23.1. The van der Waals surface area contributed by atoms with E-state index in [1.807, 2.05) is 11.6 Å². The number of carbonyl (C=O) groups is 1. The van der Waals surface area contributed by atoms with Gasteiger partial charge in [0.15, 0.2) is 0 Å². The highest BCUT2D eigenvalue weighted by Crippen LogP contribution is 2.22. The molecule has 1 N–H and O–H groups in total. The summed E-state index contributed by atoms with van der Waals surface area (Å²) in [5.74, 6) is 1.24. The fraction of sp³-hybridized carbons (Fsp3) is 0.333. The molecule has 0 aliphatic carbocycles. The first-order chi connectivity index (χ1) is 14.7. The molecule has 3 aromatic rings. The Morgan fingerprint density at radius 1 is 1.23 bits per heavy atom. The van der Waals surface area contributed by atoms with Gasteiger partial charge in [0, 0.05) is 39.0 Å². The van der Waals surface area contributed by atoms with Crippen molar-refractivity contribution in [2.45, 2.75) is 17.7 Å². The van der Waals surface area contributed by atoms with Crippen LogP contribution in [0.5, 0.6) is 5.75 Å². The summed E-state index contributed by atoms with van der Waals surface area (Å²) in [6.45, 7) is 0.709. The molecule has 0 spiro atoms. The lowest BCUT2D eigenvalue weighted by atomic mass is 10.3. The van der Waals surface area contributed by atoms with Crippen LogP contribution in [0.3, 0.4) is 0 Å². The number of nitrogens with zero attached hydrogens (tertiary/aromatic N) is 3. The molecule has 0 unspecified atom stereocenters. The van der Waals surface area contributed by atoms with Gasteiger partial charge < -0.3 is 14.6 Å². The molecule has 1 aromatic heterocycles. The molecule has 0 bridgehead atoms. The van der Waals surface area contributed by atoms with Crippen LogP contribution >= 0.6 is 11.6 Å². The van der Waals surface area contributed by atoms with E-state index in [-0.39, 0.29) is 17.2 Å². The predicted molar refractivity (Wildman–Crippen MR) is 120 cm³/mol. The summed E-state index contributed by atoms with van der Waals surface area (Å²) in [4.78, 5) is 16.9. The van der Waals surface area contributed by atoms with Gasteiger partial charge in [-0.05, 0) is 36.4 Å². The number of halogens is 1. The number of hydrogen-bond acceptors (Lipinski definition) is 5. The molecule has 0 aliphatic heterocycles. The maximum absolute atomic E-state index is 12.3. The zero-order chi connectivity index (χ0) is 22.6. The van der Waals surface area contributed by atoms with Gasteiger partial charge in [0.25, 0.3) is 0 Å². The maximum atomic E-state index is 12.3. The SMILES string of the molecule is CN(C)S(=O)(=O)c1ccc2c(c1)nc(CCC(=O)NCCOc1cccc(Cl)c1)n2C. The van der Waals surface area contributed by atoms with Crippen LogP contribution in [0.1, 0.15) is 12.2 Å². The molecule has 1 heterocycles. The number of ether oxygens (including phenoxy) is 1. The van der Waals surface area contributed by atoms with Crippen LogP contribution in [0.15, 0.2) is 47.4 Å². The lowest BCUT2D eigenvalue weighted by molar-refractivity contribution is -0.121. The number of rotatable bonds is 9. The number of sulfonamides is 1. The minimum atomic E-state index is -3.53.